The van der Waals surface area contributed by atoms with E-state index in [0.717, 1.165) is 0 Å². The van der Waals surface area contributed by atoms with Crippen molar-refractivity contribution in [1.29, 1.82) is 0 Å². The van der Waals surface area contributed by atoms with Crippen molar-refractivity contribution in [2.45, 2.75) is 49.3 Å². The van der Waals surface area contributed by atoms with Crippen LogP contribution in [-0.2, 0) is 20.2 Å². The molecule has 0 spiro atoms. The summed E-state index contributed by atoms with van der Waals surface area (Å²) in [6, 6.07) is 5.48. The molecule has 0 aliphatic heterocycles. The van der Waals surface area contributed by atoms with Gasteiger partial charge >= 0.3 is 0 Å². The van der Waals surface area contributed by atoms with Crippen molar-refractivity contribution in [1.82, 2.24) is 0 Å². The first-order valence-electron chi connectivity index (χ1n) is 7.40. The van der Waals surface area contributed by atoms with Gasteiger partial charge < -0.3 is 0 Å². The summed E-state index contributed by atoms with van der Waals surface area (Å²) < 4.78 is 66.4. The average molecular weight is 372 g/mol. The fourth-order valence-electron chi connectivity index (χ4n) is 2.88. The standard InChI is InChI=1S/C16H20O6S2/c1-9(2)11-5-7-14(24(20,21)22)16-12(10(3)4)6-8-13(15(11)16)23(17,18)19/h5-10H,1-4H3,(H,17,18,19)(H,20,21,22). The van der Waals surface area contributed by atoms with E-state index in [1.54, 1.807) is 0 Å². The molecule has 8 heteroatoms. The molecule has 0 bridgehead atoms. The lowest BCUT2D eigenvalue weighted by atomic mass is 9.90. The minimum absolute atomic E-state index is 0.120. The van der Waals surface area contributed by atoms with Crippen LogP contribution in [0.4, 0.5) is 0 Å². The first-order chi connectivity index (χ1) is 10.9. The van der Waals surface area contributed by atoms with Crippen LogP contribution in [0.3, 0.4) is 0 Å². The summed E-state index contributed by atoms with van der Waals surface area (Å²) >= 11 is 0. The molecular formula is C16H20O6S2. The van der Waals surface area contributed by atoms with Gasteiger partial charge in [0.2, 0.25) is 0 Å². The average Bonchev–Trinajstić information content (AvgIpc) is 2.42. The molecule has 2 aromatic carbocycles. The number of fused-ring (bicyclic) bond motifs is 1. The van der Waals surface area contributed by atoms with Crippen LogP contribution in [0.25, 0.3) is 10.8 Å². The summed E-state index contributed by atoms with van der Waals surface area (Å²) in [5, 5.41) is 0.266. The van der Waals surface area contributed by atoms with Crippen LogP contribution < -0.4 is 0 Å². The molecule has 0 amide bonds. The fraction of sp³-hybridized carbons (Fsp3) is 0.375. The van der Waals surface area contributed by atoms with Crippen LogP contribution in [0.15, 0.2) is 34.1 Å². The molecule has 132 valence electrons. The minimum atomic E-state index is -4.57. The maximum Gasteiger partial charge on any atom is 0.295 e. The normalized spacial score (nSPS) is 13.2. The highest BCUT2D eigenvalue weighted by Gasteiger charge is 2.26. The topological polar surface area (TPSA) is 109 Å². The fourth-order valence-corrected chi connectivity index (χ4v) is 4.31. The van der Waals surface area contributed by atoms with E-state index in [0.29, 0.717) is 11.1 Å². The third kappa shape index (κ3) is 3.32. The van der Waals surface area contributed by atoms with E-state index in [1.807, 2.05) is 27.7 Å². The van der Waals surface area contributed by atoms with Crippen LogP contribution >= 0.6 is 0 Å². The Bertz CT molecular complexity index is 919. The quantitative estimate of drug-likeness (QED) is 0.794. The lowest BCUT2D eigenvalue weighted by molar-refractivity contribution is 0.481. The van der Waals surface area contributed by atoms with E-state index in [1.165, 1.54) is 24.3 Å². The Morgan fingerprint density at radius 3 is 1.17 bits per heavy atom. The predicted octanol–water partition coefficient (Wildman–Crippen LogP) is 3.58. The van der Waals surface area contributed by atoms with E-state index in [2.05, 4.69) is 0 Å². The number of hydrogen-bond donors (Lipinski definition) is 2. The van der Waals surface area contributed by atoms with Crippen LogP contribution in [0, 0.1) is 0 Å². The van der Waals surface area contributed by atoms with Gasteiger partial charge in [-0.15, -0.1) is 0 Å². The molecule has 0 aliphatic carbocycles. The second-order valence-corrected chi connectivity index (χ2v) is 9.10. The molecule has 0 unspecified atom stereocenters. The SMILES string of the molecule is CC(C)c1ccc(S(=O)(=O)O)c2c(C(C)C)ccc(S(=O)(=O)O)c12. The second kappa shape index (κ2) is 6.11. The third-order valence-electron chi connectivity index (χ3n) is 3.95. The smallest absolute Gasteiger partial charge is 0.282 e. The van der Waals surface area contributed by atoms with Gasteiger partial charge in [-0.1, -0.05) is 39.8 Å². The Morgan fingerprint density at radius 2 is 0.958 bits per heavy atom. The third-order valence-corrected chi connectivity index (χ3v) is 5.74. The number of hydrogen-bond acceptors (Lipinski definition) is 4. The maximum atomic E-state index is 11.8. The summed E-state index contributed by atoms with van der Waals surface area (Å²) in [7, 11) is -9.13. The summed E-state index contributed by atoms with van der Waals surface area (Å²) in [6.07, 6.45) is 0. The molecule has 0 atom stereocenters. The Balaban J connectivity index is 3.25. The minimum Gasteiger partial charge on any atom is -0.282 e. The van der Waals surface area contributed by atoms with Gasteiger partial charge in [-0.2, -0.15) is 16.8 Å². The van der Waals surface area contributed by atoms with Crippen molar-refractivity contribution in [2.75, 3.05) is 0 Å². The molecule has 24 heavy (non-hydrogen) atoms. The zero-order valence-electron chi connectivity index (χ0n) is 13.8. The van der Waals surface area contributed by atoms with Gasteiger partial charge in [-0.3, -0.25) is 9.11 Å². The molecule has 2 aromatic rings. The molecule has 0 radical (unpaired) electrons. The Labute approximate surface area is 142 Å². The molecule has 6 nitrogen and oxygen atoms in total. The first kappa shape index (κ1) is 18.9. The van der Waals surface area contributed by atoms with Gasteiger partial charge in [-0.05, 0) is 35.1 Å². The first-order valence-corrected chi connectivity index (χ1v) is 10.3. The lowest BCUT2D eigenvalue weighted by Gasteiger charge is -2.19. The molecule has 0 saturated carbocycles. The number of benzene rings is 2. The van der Waals surface area contributed by atoms with Gasteiger partial charge in [0.1, 0.15) is 9.79 Å². The van der Waals surface area contributed by atoms with Gasteiger partial charge in [0, 0.05) is 10.8 Å². The van der Waals surface area contributed by atoms with Gasteiger partial charge in [0.25, 0.3) is 20.2 Å². The molecule has 0 heterocycles. The highest BCUT2D eigenvalue weighted by Crippen LogP contribution is 2.39. The highest BCUT2D eigenvalue weighted by atomic mass is 32.2. The van der Waals surface area contributed by atoms with Crippen molar-refractivity contribution in [2.24, 2.45) is 0 Å². The van der Waals surface area contributed by atoms with Gasteiger partial charge in [0.05, 0.1) is 0 Å². The molecule has 0 aromatic heterocycles. The second-order valence-electron chi connectivity index (χ2n) is 6.32. The van der Waals surface area contributed by atoms with Crippen LogP contribution in [0.2, 0.25) is 0 Å². The summed E-state index contributed by atoms with van der Waals surface area (Å²) in [5.74, 6) is -0.239. The molecular weight excluding hydrogens is 352 g/mol. The van der Waals surface area contributed by atoms with E-state index in [-0.39, 0.29) is 32.4 Å². The van der Waals surface area contributed by atoms with Crippen molar-refractivity contribution in [3.63, 3.8) is 0 Å². The van der Waals surface area contributed by atoms with Gasteiger partial charge in [0.15, 0.2) is 0 Å². The number of rotatable bonds is 4. The summed E-state index contributed by atoms with van der Waals surface area (Å²) in [4.78, 5) is -0.729. The molecule has 0 aliphatic rings. The largest absolute Gasteiger partial charge is 0.295 e. The zero-order valence-corrected chi connectivity index (χ0v) is 15.4. The Hall–Kier alpha value is -1.48. The van der Waals surface area contributed by atoms with Gasteiger partial charge in [-0.25, -0.2) is 0 Å². The zero-order chi connectivity index (χ0) is 18.4. The monoisotopic (exact) mass is 372 g/mol. The van der Waals surface area contributed by atoms with Crippen molar-refractivity contribution in [3.8, 4) is 0 Å². The lowest BCUT2D eigenvalue weighted by Crippen LogP contribution is -2.08. The summed E-state index contributed by atoms with van der Waals surface area (Å²) in [5.41, 5.74) is 1.15. The van der Waals surface area contributed by atoms with Crippen molar-refractivity contribution < 1.29 is 25.9 Å². The van der Waals surface area contributed by atoms with E-state index in [9.17, 15) is 25.9 Å². The summed E-state index contributed by atoms with van der Waals surface area (Å²) in [6.45, 7) is 7.32. The molecule has 0 fully saturated rings. The van der Waals surface area contributed by atoms with Crippen molar-refractivity contribution >= 4 is 31.0 Å². The molecule has 2 rings (SSSR count). The Kier molecular flexibility index (Phi) is 4.80. The predicted molar refractivity (Wildman–Crippen MR) is 91.8 cm³/mol. The van der Waals surface area contributed by atoms with E-state index in [4.69, 9.17) is 0 Å². The van der Waals surface area contributed by atoms with E-state index < -0.39 is 20.2 Å². The van der Waals surface area contributed by atoms with Crippen LogP contribution in [0.1, 0.15) is 50.7 Å². The van der Waals surface area contributed by atoms with Crippen LogP contribution in [0.5, 0.6) is 0 Å². The van der Waals surface area contributed by atoms with E-state index >= 15 is 0 Å². The highest BCUT2D eigenvalue weighted by molar-refractivity contribution is 7.86. The Morgan fingerprint density at radius 1 is 0.667 bits per heavy atom. The maximum absolute atomic E-state index is 11.8. The van der Waals surface area contributed by atoms with Crippen molar-refractivity contribution in [3.05, 3.63) is 35.4 Å². The van der Waals surface area contributed by atoms with Crippen LogP contribution in [-0.4, -0.2) is 25.9 Å². The molecule has 2 N–H and O–H groups in total. The molecule has 0 saturated heterocycles.